The molecule has 0 spiro atoms. The van der Waals surface area contributed by atoms with Crippen LogP contribution in [0.1, 0.15) is 33.3 Å². The Kier molecular flexibility index (Phi) is 6.32. The number of anilines is 1. The van der Waals surface area contributed by atoms with Gasteiger partial charge in [-0.05, 0) is 67.8 Å². The lowest BCUT2D eigenvalue weighted by atomic mass is 10.1. The van der Waals surface area contributed by atoms with E-state index < -0.39 is 0 Å². The van der Waals surface area contributed by atoms with Crippen LogP contribution in [0.2, 0.25) is 0 Å². The molecule has 0 N–H and O–H groups in total. The van der Waals surface area contributed by atoms with E-state index in [9.17, 15) is 9.18 Å². The molecule has 0 unspecified atom stereocenters. The van der Waals surface area contributed by atoms with Gasteiger partial charge in [0, 0.05) is 0 Å². The first kappa shape index (κ1) is 20.6. The molecular weight excluding hydrogens is 371 g/mol. The molecule has 0 saturated heterocycles. The lowest BCUT2D eigenvalue weighted by Gasteiger charge is -2.14. The molecule has 0 fully saturated rings. The van der Waals surface area contributed by atoms with Crippen molar-refractivity contribution in [3.05, 3.63) is 59.4 Å². The summed E-state index contributed by atoms with van der Waals surface area (Å²) in [6.07, 6.45) is 1.78. The Morgan fingerprint density at radius 3 is 2.48 bits per heavy atom. The number of amides is 1. The molecule has 29 heavy (non-hydrogen) atoms. The number of ether oxygens (including phenoxy) is 2. The van der Waals surface area contributed by atoms with Crippen molar-refractivity contribution in [2.24, 2.45) is 11.0 Å². The molecular formula is C23H25FN2O3. The van der Waals surface area contributed by atoms with Crippen LogP contribution in [0, 0.1) is 11.7 Å². The largest absolute Gasteiger partial charge is 0.490 e. The van der Waals surface area contributed by atoms with Gasteiger partial charge in [-0.15, -0.1) is 0 Å². The maximum atomic E-state index is 13.2. The number of nitrogens with zero attached hydrogens (tertiary/aromatic N) is 2. The van der Waals surface area contributed by atoms with E-state index in [-0.39, 0.29) is 11.7 Å². The highest BCUT2D eigenvalue weighted by molar-refractivity contribution is 6.32. The number of halogens is 1. The zero-order chi connectivity index (χ0) is 21.0. The quantitative estimate of drug-likeness (QED) is 0.614. The summed E-state index contributed by atoms with van der Waals surface area (Å²) >= 11 is 0. The van der Waals surface area contributed by atoms with Crippen molar-refractivity contribution in [3.63, 3.8) is 0 Å². The SMILES string of the molecule is CCOc1cc(/C=C2/C(=O)N(c3ccc(F)cc3)N=C2C)ccc1OCC(C)C. The van der Waals surface area contributed by atoms with E-state index in [0.29, 0.717) is 47.6 Å². The third-order valence-electron chi connectivity index (χ3n) is 4.28. The lowest BCUT2D eigenvalue weighted by Crippen LogP contribution is -2.21. The monoisotopic (exact) mass is 396 g/mol. The number of rotatable bonds is 7. The van der Waals surface area contributed by atoms with E-state index >= 15 is 0 Å². The minimum Gasteiger partial charge on any atom is -0.490 e. The van der Waals surface area contributed by atoms with Crippen molar-refractivity contribution in [3.8, 4) is 11.5 Å². The van der Waals surface area contributed by atoms with Gasteiger partial charge in [0.05, 0.1) is 30.2 Å². The van der Waals surface area contributed by atoms with Crippen LogP contribution < -0.4 is 14.5 Å². The van der Waals surface area contributed by atoms with Gasteiger partial charge in [0.25, 0.3) is 5.91 Å². The van der Waals surface area contributed by atoms with Crippen molar-refractivity contribution in [2.45, 2.75) is 27.7 Å². The third-order valence-corrected chi connectivity index (χ3v) is 4.28. The van der Waals surface area contributed by atoms with E-state index in [0.717, 1.165) is 5.56 Å². The Labute approximate surface area is 170 Å². The van der Waals surface area contributed by atoms with Gasteiger partial charge in [0.15, 0.2) is 11.5 Å². The van der Waals surface area contributed by atoms with Gasteiger partial charge in [0.2, 0.25) is 0 Å². The summed E-state index contributed by atoms with van der Waals surface area (Å²) in [5.74, 6) is 1.10. The number of hydrazone groups is 1. The predicted octanol–water partition coefficient (Wildman–Crippen LogP) is 5.07. The van der Waals surface area contributed by atoms with Crippen molar-refractivity contribution >= 4 is 23.4 Å². The fourth-order valence-corrected chi connectivity index (χ4v) is 2.87. The summed E-state index contributed by atoms with van der Waals surface area (Å²) in [5, 5.41) is 5.61. The molecule has 0 radical (unpaired) electrons. The second-order valence-corrected chi connectivity index (χ2v) is 7.18. The lowest BCUT2D eigenvalue weighted by molar-refractivity contribution is -0.114. The molecule has 2 aromatic rings. The fraction of sp³-hybridized carbons (Fsp3) is 0.304. The molecule has 1 amide bonds. The Bertz CT molecular complexity index is 949. The van der Waals surface area contributed by atoms with Gasteiger partial charge < -0.3 is 9.47 Å². The van der Waals surface area contributed by atoms with Gasteiger partial charge in [-0.1, -0.05) is 19.9 Å². The Balaban J connectivity index is 1.87. The number of carbonyl (C=O) groups is 1. The van der Waals surface area contributed by atoms with Crippen LogP contribution in [0.15, 0.2) is 53.1 Å². The number of hydrogen-bond acceptors (Lipinski definition) is 4. The maximum absolute atomic E-state index is 13.2. The van der Waals surface area contributed by atoms with E-state index in [1.54, 1.807) is 13.0 Å². The van der Waals surface area contributed by atoms with Crippen LogP contribution in [-0.2, 0) is 4.79 Å². The van der Waals surface area contributed by atoms with Crippen LogP contribution in [0.5, 0.6) is 11.5 Å². The highest BCUT2D eigenvalue weighted by Gasteiger charge is 2.28. The molecule has 5 nitrogen and oxygen atoms in total. The van der Waals surface area contributed by atoms with E-state index in [1.807, 2.05) is 25.1 Å². The van der Waals surface area contributed by atoms with Crippen molar-refractivity contribution in [1.29, 1.82) is 0 Å². The first-order valence-electron chi connectivity index (χ1n) is 9.66. The van der Waals surface area contributed by atoms with Gasteiger partial charge in [0.1, 0.15) is 5.82 Å². The molecule has 0 bridgehead atoms. The smallest absolute Gasteiger partial charge is 0.280 e. The molecule has 3 rings (SSSR count). The summed E-state index contributed by atoms with van der Waals surface area (Å²) in [6, 6.07) is 11.3. The zero-order valence-corrected chi connectivity index (χ0v) is 17.1. The Morgan fingerprint density at radius 2 is 1.83 bits per heavy atom. The number of benzene rings is 2. The highest BCUT2D eigenvalue weighted by atomic mass is 19.1. The average Bonchev–Trinajstić information content (AvgIpc) is 2.96. The van der Waals surface area contributed by atoms with E-state index in [1.165, 1.54) is 29.3 Å². The van der Waals surface area contributed by atoms with Crippen molar-refractivity contribution < 1.29 is 18.7 Å². The van der Waals surface area contributed by atoms with E-state index in [4.69, 9.17) is 9.47 Å². The summed E-state index contributed by atoms with van der Waals surface area (Å²) in [5.41, 5.74) is 2.40. The topological polar surface area (TPSA) is 51.1 Å². The molecule has 0 saturated carbocycles. The minimum atomic E-state index is -0.361. The van der Waals surface area contributed by atoms with Crippen LogP contribution in [0.4, 0.5) is 10.1 Å². The van der Waals surface area contributed by atoms with Gasteiger partial charge >= 0.3 is 0 Å². The summed E-state index contributed by atoms with van der Waals surface area (Å²) < 4.78 is 24.7. The van der Waals surface area contributed by atoms with Gasteiger partial charge in [-0.2, -0.15) is 10.1 Å². The van der Waals surface area contributed by atoms with Crippen molar-refractivity contribution in [1.82, 2.24) is 0 Å². The molecule has 1 aliphatic rings. The second kappa shape index (κ2) is 8.90. The summed E-state index contributed by atoms with van der Waals surface area (Å²) in [6.45, 7) is 8.96. The molecule has 0 aromatic heterocycles. The standard InChI is InChI=1S/C23H25FN2O3/c1-5-28-22-13-17(6-11-21(22)29-14-15(2)3)12-20-16(4)25-26(23(20)27)19-9-7-18(24)8-10-19/h6-13,15H,5,14H2,1-4H3/b20-12+. The molecule has 152 valence electrons. The van der Waals surface area contributed by atoms with Crippen LogP contribution >= 0.6 is 0 Å². The Morgan fingerprint density at radius 1 is 1.10 bits per heavy atom. The fourth-order valence-electron chi connectivity index (χ4n) is 2.87. The molecule has 6 heteroatoms. The normalized spacial score (nSPS) is 15.2. The predicted molar refractivity (Wildman–Crippen MR) is 113 cm³/mol. The average molecular weight is 396 g/mol. The molecule has 1 aliphatic heterocycles. The van der Waals surface area contributed by atoms with Crippen molar-refractivity contribution in [2.75, 3.05) is 18.2 Å². The zero-order valence-electron chi connectivity index (χ0n) is 17.1. The number of carbonyl (C=O) groups excluding carboxylic acids is 1. The van der Waals surface area contributed by atoms with Gasteiger partial charge in [-0.25, -0.2) is 4.39 Å². The summed E-state index contributed by atoms with van der Waals surface area (Å²) in [4.78, 5) is 12.9. The third kappa shape index (κ3) is 4.83. The molecule has 2 aromatic carbocycles. The maximum Gasteiger partial charge on any atom is 0.280 e. The van der Waals surface area contributed by atoms with Crippen LogP contribution in [-0.4, -0.2) is 24.8 Å². The molecule has 0 atom stereocenters. The minimum absolute atomic E-state index is 0.257. The van der Waals surface area contributed by atoms with Gasteiger partial charge in [-0.3, -0.25) is 4.79 Å². The summed E-state index contributed by atoms with van der Waals surface area (Å²) in [7, 11) is 0. The number of hydrogen-bond donors (Lipinski definition) is 0. The highest BCUT2D eigenvalue weighted by Crippen LogP contribution is 2.31. The van der Waals surface area contributed by atoms with E-state index in [2.05, 4.69) is 18.9 Å². The molecule has 1 heterocycles. The van der Waals surface area contributed by atoms with Crippen LogP contribution in [0.3, 0.4) is 0 Å². The first-order chi connectivity index (χ1) is 13.9. The first-order valence-corrected chi connectivity index (χ1v) is 9.66. The Hall–Kier alpha value is -3.15. The van der Waals surface area contributed by atoms with Crippen LogP contribution in [0.25, 0.3) is 6.08 Å². The second-order valence-electron chi connectivity index (χ2n) is 7.18. The molecule has 0 aliphatic carbocycles.